The predicted molar refractivity (Wildman–Crippen MR) is 109 cm³/mol. The molecule has 30 heavy (non-hydrogen) atoms. The predicted octanol–water partition coefficient (Wildman–Crippen LogP) is 4.78. The van der Waals surface area contributed by atoms with Crippen molar-refractivity contribution in [1.82, 2.24) is 9.55 Å². The number of aromatic nitrogens is 2. The first kappa shape index (κ1) is 19.8. The zero-order valence-corrected chi connectivity index (χ0v) is 16.1. The quantitative estimate of drug-likeness (QED) is 0.508. The Morgan fingerprint density at radius 3 is 2.57 bits per heavy atom. The summed E-state index contributed by atoms with van der Waals surface area (Å²) in [5.74, 6) is -0.629. The summed E-state index contributed by atoms with van der Waals surface area (Å²) < 4.78 is 39.6. The summed E-state index contributed by atoms with van der Waals surface area (Å²) in [7, 11) is 0. The van der Waals surface area contributed by atoms with E-state index in [0.717, 1.165) is 27.1 Å². The summed E-state index contributed by atoms with van der Waals surface area (Å²) >= 11 is 1.37. The topological polar surface area (TPSA) is 64.0 Å². The summed E-state index contributed by atoms with van der Waals surface area (Å²) in [5.41, 5.74) is -0.308. The van der Waals surface area contributed by atoms with Crippen LogP contribution in [0.5, 0.6) is 0 Å². The molecule has 2 aromatic heterocycles. The number of hydrogen-bond acceptors (Lipinski definition) is 4. The van der Waals surface area contributed by atoms with Crippen LogP contribution in [-0.4, -0.2) is 15.5 Å². The van der Waals surface area contributed by atoms with Crippen LogP contribution in [0, 0.1) is 0 Å². The monoisotopic (exact) mass is 429 g/mol. The number of fused-ring (bicyclic) bond motifs is 1. The van der Waals surface area contributed by atoms with E-state index in [1.165, 1.54) is 29.8 Å². The molecule has 0 bridgehead atoms. The minimum atomic E-state index is -4.51. The van der Waals surface area contributed by atoms with Crippen LogP contribution in [0.25, 0.3) is 20.7 Å². The molecule has 0 aliphatic heterocycles. The highest BCUT2D eigenvalue weighted by molar-refractivity contribution is 7.21. The fourth-order valence-corrected chi connectivity index (χ4v) is 3.94. The van der Waals surface area contributed by atoms with E-state index in [1.807, 2.05) is 30.3 Å². The lowest BCUT2D eigenvalue weighted by Crippen LogP contribution is -2.27. The Labute approximate surface area is 172 Å². The molecule has 4 rings (SSSR count). The van der Waals surface area contributed by atoms with Crippen molar-refractivity contribution < 1.29 is 18.0 Å². The number of amides is 1. The molecule has 0 saturated carbocycles. The second-order valence-corrected chi connectivity index (χ2v) is 7.53. The zero-order valence-electron chi connectivity index (χ0n) is 15.3. The van der Waals surface area contributed by atoms with Gasteiger partial charge in [-0.2, -0.15) is 13.2 Å². The Hall–Kier alpha value is -3.46. The van der Waals surface area contributed by atoms with Crippen LogP contribution < -0.4 is 10.9 Å². The van der Waals surface area contributed by atoms with E-state index in [0.29, 0.717) is 10.2 Å². The molecule has 1 amide bonds. The van der Waals surface area contributed by atoms with Gasteiger partial charge in [0.25, 0.3) is 5.56 Å². The number of benzene rings is 2. The van der Waals surface area contributed by atoms with Crippen LogP contribution in [0.1, 0.15) is 5.56 Å². The van der Waals surface area contributed by atoms with Crippen molar-refractivity contribution in [1.29, 1.82) is 0 Å². The van der Waals surface area contributed by atoms with Gasteiger partial charge in [-0.25, -0.2) is 4.98 Å². The average molecular weight is 429 g/mol. The number of hydrogen-bond donors (Lipinski definition) is 1. The fraction of sp³-hybridized carbons (Fsp3) is 0.0952. The van der Waals surface area contributed by atoms with E-state index in [1.54, 1.807) is 6.07 Å². The van der Waals surface area contributed by atoms with E-state index >= 15 is 0 Å². The number of anilines is 1. The molecule has 152 valence electrons. The first-order chi connectivity index (χ1) is 14.3. The highest BCUT2D eigenvalue weighted by Gasteiger charge is 2.30. The second kappa shape index (κ2) is 7.75. The van der Waals surface area contributed by atoms with Gasteiger partial charge in [0.2, 0.25) is 5.91 Å². The smallest absolute Gasteiger partial charge is 0.325 e. The normalized spacial score (nSPS) is 11.6. The maximum absolute atomic E-state index is 12.8. The molecule has 0 spiro atoms. The average Bonchev–Trinajstić information content (AvgIpc) is 3.16. The number of alkyl halides is 3. The Morgan fingerprint density at radius 2 is 1.83 bits per heavy atom. The van der Waals surface area contributed by atoms with Crippen LogP contribution in [-0.2, 0) is 17.5 Å². The third-order valence-electron chi connectivity index (χ3n) is 4.36. The Morgan fingerprint density at radius 1 is 1.07 bits per heavy atom. The first-order valence-corrected chi connectivity index (χ1v) is 9.64. The van der Waals surface area contributed by atoms with Crippen molar-refractivity contribution in [3.63, 3.8) is 0 Å². The molecule has 1 N–H and O–H groups in total. The van der Waals surface area contributed by atoms with E-state index in [4.69, 9.17) is 0 Å². The van der Waals surface area contributed by atoms with Crippen molar-refractivity contribution in [2.75, 3.05) is 5.32 Å². The SMILES string of the molecule is O=C(Cn1cnc2sc(-c3ccccc3)cc2c1=O)Nc1cccc(C(F)(F)F)c1. The molecule has 0 aliphatic carbocycles. The summed E-state index contributed by atoms with van der Waals surface area (Å²) in [5, 5.41) is 2.77. The number of rotatable bonds is 4. The van der Waals surface area contributed by atoms with Crippen LogP contribution in [0.15, 0.2) is 71.8 Å². The molecular formula is C21H14F3N3O2S. The van der Waals surface area contributed by atoms with E-state index < -0.39 is 23.2 Å². The standard InChI is InChI=1S/C21H14F3N3O2S/c22-21(23,24)14-7-4-8-15(9-14)26-18(28)11-27-12-25-19-16(20(27)29)10-17(30-19)13-5-2-1-3-6-13/h1-10,12H,11H2,(H,26,28). The summed E-state index contributed by atoms with van der Waals surface area (Å²) in [6, 6.07) is 15.6. The summed E-state index contributed by atoms with van der Waals surface area (Å²) in [6.07, 6.45) is -3.25. The van der Waals surface area contributed by atoms with Gasteiger partial charge in [0.15, 0.2) is 0 Å². The molecule has 0 saturated heterocycles. The van der Waals surface area contributed by atoms with Gasteiger partial charge in [-0.15, -0.1) is 11.3 Å². The largest absolute Gasteiger partial charge is 0.416 e. The lowest BCUT2D eigenvalue weighted by atomic mass is 10.2. The minimum Gasteiger partial charge on any atom is -0.325 e. The van der Waals surface area contributed by atoms with Gasteiger partial charge in [0.1, 0.15) is 11.4 Å². The lowest BCUT2D eigenvalue weighted by Gasteiger charge is -2.10. The van der Waals surface area contributed by atoms with Crippen LogP contribution in [0.2, 0.25) is 0 Å². The van der Waals surface area contributed by atoms with Crippen LogP contribution in [0.3, 0.4) is 0 Å². The van der Waals surface area contributed by atoms with Gasteiger partial charge >= 0.3 is 6.18 Å². The number of carbonyl (C=O) groups is 1. The van der Waals surface area contributed by atoms with Gasteiger partial charge < -0.3 is 5.32 Å². The maximum Gasteiger partial charge on any atom is 0.416 e. The third kappa shape index (κ3) is 4.11. The first-order valence-electron chi connectivity index (χ1n) is 8.83. The number of thiophene rings is 1. The van der Waals surface area contributed by atoms with Crippen LogP contribution in [0.4, 0.5) is 18.9 Å². The Bertz CT molecular complexity index is 1280. The minimum absolute atomic E-state index is 0.00110. The number of halogens is 3. The number of carbonyl (C=O) groups excluding carboxylic acids is 1. The van der Waals surface area contributed by atoms with Gasteiger partial charge in [-0.3, -0.25) is 14.2 Å². The second-order valence-electron chi connectivity index (χ2n) is 6.50. The lowest BCUT2D eigenvalue weighted by molar-refractivity contribution is -0.137. The van der Waals surface area contributed by atoms with Crippen molar-refractivity contribution in [2.24, 2.45) is 0 Å². The molecule has 0 atom stereocenters. The van der Waals surface area contributed by atoms with Crippen molar-refractivity contribution in [2.45, 2.75) is 12.7 Å². The molecule has 0 radical (unpaired) electrons. The molecular weight excluding hydrogens is 415 g/mol. The molecule has 5 nitrogen and oxygen atoms in total. The highest BCUT2D eigenvalue weighted by Crippen LogP contribution is 2.31. The zero-order chi connectivity index (χ0) is 21.3. The van der Waals surface area contributed by atoms with Crippen molar-refractivity contribution in [3.05, 3.63) is 82.9 Å². The van der Waals surface area contributed by atoms with Crippen LogP contribution >= 0.6 is 11.3 Å². The third-order valence-corrected chi connectivity index (χ3v) is 5.46. The van der Waals surface area contributed by atoms with Crippen molar-refractivity contribution in [3.8, 4) is 10.4 Å². The molecule has 0 fully saturated rings. The van der Waals surface area contributed by atoms with Gasteiger partial charge in [-0.05, 0) is 29.8 Å². The number of nitrogens with zero attached hydrogens (tertiary/aromatic N) is 2. The van der Waals surface area contributed by atoms with E-state index in [-0.39, 0.29) is 12.2 Å². The molecule has 2 aromatic carbocycles. The summed E-state index contributed by atoms with van der Waals surface area (Å²) in [4.78, 5) is 30.7. The fourth-order valence-electron chi connectivity index (χ4n) is 2.95. The molecule has 0 unspecified atom stereocenters. The Balaban J connectivity index is 1.56. The number of nitrogens with one attached hydrogen (secondary N) is 1. The maximum atomic E-state index is 12.8. The van der Waals surface area contributed by atoms with E-state index in [2.05, 4.69) is 10.3 Å². The van der Waals surface area contributed by atoms with Gasteiger partial charge in [0.05, 0.1) is 17.3 Å². The van der Waals surface area contributed by atoms with E-state index in [9.17, 15) is 22.8 Å². The molecule has 2 heterocycles. The Kier molecular flexibility index (Phi) is 5.13. The van der Waals surface area contributed by atoms with Crippen molar-refractivity contribution >= 4 is 33.1 Å². The molecule has 0 aliphatic rings. The highest BCUT2D eigenvalue weighted by atomic mass is 32.1. The molecule has 9 heteroatoms. The van der Waals surface area contributed by atoms with Gasteiger partial charge in [-0.1, -0.05) is 36.4 Å². The molecule has 4 aromatic rings. The summed E-state index contributed by atoms with van der Waals surface area (Å²) in [6.45, 7) is -0.367. The van der Waals surface area contributed by atoms with Gasteiger partial charge in [0, 0.05) is 10.6 Å².